The van der Waals surface area contributed by atoms with Gasteiger partial charge in [-0.05, 0) is 75.2 Å². The van der Waals surface area contributed by atoms with Crippen LogP contribution in [0.5, 0.6) is 5.75 Å². The third kappa shape index (κ3) is 3.70. The Balaban J connectivity index is 1.90. The van der Waals surface area contributed by atoms with E-state index in [0.29, 0.717) is 15.0 Å². The highest BCUT2D eigenvalue weighted by Crippen LogP contribution is 2.33. The first-order valence-electron chi connectivity index (χ1n) is 6.14. The van der Waals surface area contributed by atoms with Crippen LogP contribution in [-0.2, 0) is 6.54 Å². The second-order valence-corrected chi connectivity index (χ2v) is 6.50. The maximum absolute atomic E-state index is 9.63. The monoisotopic (exact) mass is 377 g/mol. The Morgan fingerprint density at radius 1 is 1.11 bits per heavy atom. The molecule has 1 aliphatic carbocycles. The second-order valence-electron chi connectivity index (χ2n) is 4.79. The summed E-state index contributed by atoms with van der Waals surface area (Å²) in [4.78, 5) is 0. The SMILES string of the molecule is Oc1c(Br)cc(CNC2CCC(O)CC2)cc1Br. The number of aliphatic hydroxyl groups excluding tert-OH is 1. The third-order valence-corrected chi connectivity index (χ3v) is 4.58. The van der Waals surface area contributed by atoms with Gasteiger partial charge in [-0.15, -0.1) is 0 Å². The van der Waals surface area contributed by atoms with Crippen LogP contribution in [0.15, 0.2) is 21.1 Å². The van der Waals surface area contributed by atoms with Crippen LogP contribution in [0.1, 0.15) is 31.2 Å². The Kier molecular flexibility index (Phi) is 5.06. The van der Waals surface area contributed by atoms with Crippen LogP contribution in [0.25, 0.3) is 0 Å². The number of rotatable bonds is 3. The molecular weight excluding hydrogens is 362 g/mol. The molecule has 0 saturated heterocycles. The van der Waals surface area contributed by atoms with Crippen LogP contribution in [-0.4, -0.2) is 22.4 Å². The highest BCUT2D eigenvalue weighted by atomic mass is 79.9. The first-order chi connectivity index (χ1) is 8.56. The first-order valence-corrected chi connectivity index (χ1v) is 7.73. The zero-order chi connectivity index (χ0) is 13.1. The molecule has 100 valence electrons. The fraction of sp³-hybridized carbons (Fsp3) is 0.538. The maximum atomic E-state index is 9.63. The summed E-state index contributed by atoms with van der Waals surface area (Å²) < 4.78 is 1.40. The molecule has 1 fully saturated rings. The molecule has 0 bridgehead atoms. The van der Waals surface area contributed by atoms with Gasteiger partial charge in [0.05, 0.1) is 15.0 Å². The third-order valence-electron chi connectivity index (χ3n) is 3.37. The minimum Gasteiger partial charge on any atom is -0.506 e. The summed E-state index contributed by atoms with van der Waals surface area (Å²) in [5.41, 5.74) is 1.12. The summed E-state index contributed by atoms with van der Waals surface area (Å²) in [5.74, 6) is 0.236. The molecule has 0 aliphatic heterocycles. The van der Waals surface area contributed by atoms with Crippen molar-refractivity contribution in [2.75, 3.05) is 0 Å². The van der Waals surface area contributed by atoms with Gasteiger partial charge in [-0.2, -0.15) is 0 Å². The number of hydrogen-bond donors (Lipinski definition) is 3. The number of phenols is 1. The molecule has 0 heterocycles. The highest BCUT2D eigenvalue weighted by molar-refractivity contribution is 9.11. The summed E-state index contributed by atoms with van der Waals surface area (Å²) in [6, 6.07) is 4.33. The summed E-state index contributed by atoms with van der Waals surface area (Å²) in [6.45, 7) is 0.776. The summed E-state index contributed by atoms with van der Waals surface area (Å²) >= 11 is 6.66. The fourth-order valence-corrected chi connectivity index (χ4v) is 3.54. The van der Waals surface area contributed by atoms with E-state index in [0.717, 1.165) is 37.8 Å². The number of aromatic hydroxyl groups is 1. The van der Waals surface area contributed by atoms with Gasteiger partial charge in [0.15, 0.2) is 0 Å². The molecule has 1 aromatic carbocycles. The van der Waals surface area contributed by atoms with Crippen LogP contribution in [0.2, 0.25) is 0 Å². The van der Waals surface area contributed by atoms with E-state index in [1.165, 1.54) is 0 Å². The van der Waals surface area contributed by atoms with E-state index in [2.05, 4.69) is 37.2 Å². The average molecular weight is 379 g/mol. The molecule has 2 rings (SSSR count). The van der Waals surface area contributed by atoms with Crippen molar-refractivity contribution in [3.05, 3.63) is 26.6 Å². The first kappa shape index (κ1) is 14.3. The lowest BCUT2D eigenvalue weighted by Gasteiger charge is -2.26. The minimum absolute atomic E-state index is 0.111. The zero-order valence-corrected chi connectivity index (χ0v) is 13.2. The van der Waals surface area contributed by atoms with Gasteiger partial charge < -0.3 is 15.5 Å². The average Bonchev–Trinajstić information content (AvgIpc) is 2.35. The summed E-state index contributed by atoms with van der Waals surface area (Å²) in [7, 11) is 0. The number of benzene rings is 1. The summed E-state index contributed by atoms with van der Waals surface area (Å²) in [5, 5.41) is 22.6. The van der Waals surface area contributed by atoms with Crippen molar-refractivity contribution < 1.29 is 10.2 Å². The highest BCUT2D eigenvalue weighted by Gasteiger charge is 2.18. The largest absolute Gasteiger partial charge is 0.506 e. The Labute approximate surface area is 124 Å². The molecule has 1 saturated carbocycles. The predicted molar refractivity (Wildman–Crippen MR) is 78.6 cm³/mol. The van der Waals surface area contributed by atoms with E-state index >= 15 is 0 Å². The number of hydrogen-bond acceptors (Lipinski definition) is 3. The normalized spacial score (nSPS) is 24.2. The Morgan fingerprint density at radius 3 is 2.22 bits per heavy atom. The van der Waals surface area contributed by atoms with Crippen molar-refractivity contribution in [2.45, 2.75) is 44.4 Å². The van der Waals surface area contributed by atoms with E-state index < -0.39 is 0 Å². The fourth-order valence-electron chi connectivity index (χ4n) is 2.26. The quantitative estimate of drug-likeness (QED) is 0.756. The number of phenolic OH excluding ortho intramolecular Hbond substituents is 1. The van der Waals surface area contributed by atoms with Crippen LogP contribution in [0.4, 0.5) is 0 Å². The van der Waals surface area contributed by atoms with Crippen molar-refractivity contribution in [1.82, 2.24) is 5.32 Å². The van der Waals surface area contributed by atoms with Gasteiger partial charge in [0.2, 0.25) is 0 Å². The number of halogens is 2. The van der Waals surface area contributed by atoms with Crippen molar-refractivity contribution in [1.29, 1.82) is 0 Å². The van der Waals surface area contributed by atoms with E-state index in [1.807, 2.05) is 12.1 Å². The van der Waals surface area contributed by atoms with Crippen LogP contribution >= 0.6 is 31.9 Å². The van der Waals surface area contributed by atoms with E-state index in [-0.39, 0.29) is 11.9 Å². The lowest BCUT2D eigenvalue weighted by Crippen LogP contribution is -2.34. The molecule has 1 aromatic rings. The predicted octanol–water partition coefficient (Wildman–Crippen LogP) is 3.31. The van der Waals surface area contributed by atoms with Crippen molar-refractivity contribution in [2.24, 2.45) is 0 Å². The van der Waals surface area contributed by atoms with Gasteiger partial charge in [-0.3, -0.25) is 0 Å². The van der Waals surface area contributed by atoms with Gasteiger partial charge in [-0.25, -0.2) is 0 Å². The van der Waals surface area contributed by atoms with Gasteiger partial charge in [0.1, 0.15) is 5.75 Å². The molecule has 0 atom stereocenters. The maximum Gasteiger partial charge on any atom is 0.143 e. The van der Waals surface area contributed by atoms with Gasteiger partial charge in [0, 0.05) is 12.6 Å². The lowest BCUT2D eigenvalue weighted by molar-refractivity contribution is 0.116. The lowest BCUT2D eigenvalue weighted by atomic mass is 9.93. The second kappa shape index (κ2) is 6.37. The van der Waals surface area contributed by atoms with Crippen LogP contribution < -0.4 is 5.32 Å². The van der Waals surface area contributed by atoms with E-state index in [4.69, 9.17) is 0 Å². The van der Waals surface area contributed by atoms with Gasteiger partial charge in [-0.1, -0.05) is 0 Å². The van der Waals surface area contributed by atoms with Crippen molar-refractivity contribution >= 4 is 31.9 Å². The number of aliphatic hydroxyl groups is 1. The molecule has 3 nitrogen and oxygen atoms in total. The molecule has 18 heavy (non-hydrogen) atoms. The molecule has 0 spiro atoms. The van der Waals surface area contributed by atoms with E-state index in [1.54, 1.807) is 0 Å². The Bertz CT molecular complexity index is 394. The van der Waals surface area contributed by atoms with Crippen LogP contribution in [0.3, 0.4) is 0 Å². The minimum atomic E-state index is -0.111. The van der Waals surface area contributed by atoms with Gasteiger partial charge in [0.25, 0.3) is 0 Å². The Morgan fingerprint density at radius 2 is 1.67 bits per heavy atom. The van der Waals surface area contributed by atoms with Crippen LogP contribution in [0, 0.1) is 0 Å². The molecule has 1 aliphatic rings. The molecule has 3 N–H and O–H groups in total. The van der Waals surface area contributed by atoms with Crippen molar-refractivity contribution in [3.8, 4) is 5.75 Å². The topological polar surface area (TPSA) is 52.5 Å². The van der Waals surface area contributed by atoms with E-state index in [9.17, 15) is 10.2 Å². The standard InChI is InChI=1S/C13H17Br2NO2/c14-11-5-8(6-12(15)13(11)18)7-16-9-1-3-10(17)4-2-9/h5-6,9-10,16-18H,1-4,7H2. The zero-order valence-electron chi connectivity index (χ0n) is 10.00. The molecular formula is C13H17Br2NO2. The molecule has 0 unspecified atom stereocenters. The molecule has 0 amide bonds. The summed E-state index contributed by atoms with van der Waals surface area (Å²) in [6.07, 6.45) is 3.73. The Hall–Kier alpha value is -0.100. The smallest absolute Gasteiger partial charge is 0.143 e. The van der Waals surface area contributed by atoms with Crippen molar-refractivity contribution in [3.63, 3.8) is 0 Å². The molecule has 0 aromatic heterocycles. The molecule has 5 heteroatoms. The van der Waals surface area contributed by atoms with Gasteiger partial charge >= 0.3 is 0 Å². The number of nitrogens with one attached hydrogen (secondary N) is 1. The molecule has 0 radical (unpaired) electrons.